The van der Waals surface area contributed by atoms with Gasteiger partial charge in [-0.1, -0.05) is 49.3 Å². The number of carboxylic acid groups (broad SMARTS) is 1. The van der Waals surface area contributed by atoms with Crippen molar-refractivity contribution in [3.8, 4) is 11.3 Å². The van der Waals surface area contributed by atoms with Crippen molar-refractivity contribution < 1.29 is 19.2 Å². The SMILES string of the molecule is CC(C)[C@H](NC(=O)c1ccc2noc(-c3ccccc3)c2c1)C(=O)O. The number of amides is 1. The summed E-state index contributed by atoms with van der Waals surface area (Å²) in [6.45, 7) is 3.49. The molecule has 3 rings (SSSR count). The maximum Gasteiger partial charge on any atom is 0.326 e. The number of aliphatic carboxylic acids is 1. The van der Waals surface area contributed by atoms with E-state index in [-0.39, 0.29) is 5.92 Å². The topological polar surface area (TPSA) is 92.4 Å². The lowest BCUT2D eigenvalue weighted by molar-refractivity contribution is -0.140. The second-order valence-corrected chi connectivity index (χ2v) is 6.14. The predicted molar refractivity (Wildman–Crippen MR) is 93.2 cm³/mol. The van der Waals surface area contributed by atoms with Gasteiger partial charge in [-0.15, -0.1) is 0 Å². The van der Waals surface area contributed by atoms with Crippen molar-refractivity contribution >= 4 is 22.8 Å². The summed E-state index contributed by atoms with van der Waals surface area (Å²) in [4.78, 5) is 23.7. The van der Waals surface area contributed by atoms with E-state index in [0.717, 1.165) is 5.56 Å². The average Bonchev–Trinajstić information content (AvgIpc) is 3.02. The molecule has 2 aromatic carbocycles. The Kier molecular flexibility index (Phi) is 4.52. The number of hydrogen-bond donors (Lipinski definition) is 2. The van der Waals surface area contributed by atoms with Gasteiger partial charge in [0.15, 0.2) is 5.76 Å². The summed E-state index contributed by atoms with van der Waals surface area (Å²) in [5, 5.41) is 16.5. The maximum atomic E-state index is 12.5. The number of hydrogen-bond acceptors (Lipinski definition) is 4. The second-order valence-electron chi connectivity index (χ2n) is 6.14. The third-order valence-corrected chi connectivity index (χ3v) is 3.99. The van der Waals surface area contributed by atoms with Crippen LogP contribution in [0.4, 0.5) is 0 Å². The molecule has 0 aliphatic heterocycles. The van der Waals surface area contributed by atoms with Crippen LogP contribution in [-0.2, 0) is 4.79 Å². The fourth-order valence-corrected chi connectivity index (χ4v) is 2.62. The van der Waals surface area contributed by atoms with E-state index >= 15 is 0 Å². The van der Waals surface area contributed by atoms with E-state index in [2.05, 4.69) is 10.5 Å². The summed E-state index contributed by atoms with van der Waals surface area (Å²) in [6.07, 6.45) is 0. The number of carboxylic acids is 1. The number of carbonyl (C=O) groups is 2. The quantitative estimate of drug-likeness (QED) is 0.744. The van der Waals surface area contributed by atoms with Gasteiger partial charge in [0.05, 0.1) is 5.39 Å². The zero-order chi connectivity index (χ0) is 18.0. The number of fused-ring (bicyclic) bond motifs is 1. The smallest absolute Gasteiger partial charge is 0.326 e. The molecule has 1 aromatic heterocycles. The van der Waals surface area contributed by atoms with Gasteiger partial charge in [-0.3, -0.25) is 4.79 Å². The largest absolute Gasteiger partial charge is 0.480 e. The lowest BCUT2D eigenvalue weighted by atomic mass is 10.0. The highest BCUT2D eigenvalue weighted by Gasteiger charge is 2.24. The summed E-state index contributed by atoms with van der Waals surface area (Å²) < 4.78 is 5.42. The van der Waals surface area contributed by atoms with Crippen molar-refractivity contribution in [1.29, 1.82) is 0 Å². The van der Waals surface area contributed by atoms with Gasteiger partial charge in [0.25, 0.3) is 5.91 Å². The number of rotatable bonds is 5. The van der Waals surface area contributed by atoms with Crippen molar-refractivity contribution in [3.05, 3.63) is 54.1 Å². The minimum atomic E-state index is -1.06. The van der Waals surface area contributed by atoms with Crippen molar-refractivity contribution in [2.75, 3.05) is 0 Å². The zero-order valence-corrected chi connectivity index (χ0v) is 13.9. The molecule has 0 saturated heterocycles. The third kappa shape index (κ3) is 3.38. The van der Waals surface area contributed by atoms with Crippen LogP contribution >= 0.6 is 0 Å². The molecule has 0 bridgehead atoms. The molecule has 0 saturated carbocycles. The molecular weight excluding hydrogens is 320 g/mol. The summed E-state index contributed by atoms with van der Waals surface area (Å²) in [6, 6.07) is 13.5. The monoisotopic (exact) mass is 338 g/mol. The molecule has 0 unspecified atom stereocenters. The van der Waals surface area contributed by atoms with E-state index in [9.17, 15) is 14.7 Å². The minimum Gasteiger partial charge on any atom is -0.480 e. The highest BCUT2D eigenvalue weighted by molar-refractivity contribution is 6.02. The average molecular weight is 338 g/mol. The molecule has 1 atom stereocenters. The van der Waals surface area contributed by atoms with E-state index in [1.165, 1.54) is 0 Å². The molecule has 0 fully saturated rings. The van der Waals surface area contributed by atoms with E-state index in [1.54, 1.807) is 32.0 Å². The first-order valence-electron chi connectivity index (χ1n) is 7.96. The first-order valence-corrected chi connectivity index (χ1v) is 7.96. The van der Waals surface area contributed by atoms with Crippen LogP contribution in [0.25, 0.3) is 22.2 Å². The Hall–Kier alpha value is -3.15. The molecule has 3 aromatic rings. The van der Waals surface area contributed by atoms with Crippen LogP contribution in [0, 0.1) is 5.92 Å². The molecule has 128 valence electrons. The molecule has 0 aliphatic rings. The summed E-state index contributed by atoms with van der Waals surface area (Å²) in [5.41, 5.74) is 1.85. The highest BCUT2D eigenvalue weighted by Crippen LogP contribution is 2.29. The van der Waals surface area contributed by atoms with Gasteiger partial charge in [-0.2, -0.15) is 0 Å². The highest BCUT2D eigenvalue weighted by atomic mass is 16.5. The van der Waals surface area contributed by atoms with E-state index in [0.29, 0.717) is 22.2 Å². The maximum absolute atomic E-state index is 12.5. The summed E-state index contributed by atoms with van der Waals surface area (Å²) in [5.74, 6) is -1.15. The Morgan fingerprint density at radius 3 is 2.48 bits per heavy atom. The van der Waals surface area contributed by atoms with Crippen molar-refractivity contribution in [1.82, 2.24) is 10.5 Å². The first-order chi connectivity index (χ1) is 12.0. The zero-order valence-electron chi connectivity index (χ0n) is 13.9. The van der Waals surface area contributed by atoms with E-state index < -0.39 is 17.9 Å². The summed E-state index contributed by atoms with van der Waals surface area (Å²) in [7, 11) is 0. The van der Waals surface area contributed by atoms with Gasteiger partial charge in [0.2, 0.25) is 0 Å². The Balaban J connectivity index is 1.95. The van der Waals surface area contributed by atoms with E-state index in [1.807, 2.05) is 30.3 Å². The van der Waals surface area contributed by atoms with Crippen LogP contribution in [0.1, 0.15) is 24.2 Å². The van der Waals surface area contributed by atoms with Gasteiger partial charge in [-0.25, -0.2) is 4.79 Å². The van der Waals surface area contributed by atoms with Crippen LogP contribution in [-0.4, -0.2) is 28.2 Å². The normalized spacial score (nSPS) is 12.3. The van der Waals surface area contributed by atoms with Crippen LogP contribution in [0.2, 0.25) is 0 Å². The lowest BCUT2D eigenvalue weighted by Crippen LogP contribution is -2.44. The molecular formula is C19H18N2O4. The summed E-state index contributed by atoms with van der Waals surface area (Å²) >= 11 is 0. The van der Waals surface area contributed by atoms with Crippen LogP contribution in [0.5, 0.6) is 0 Å². The number of aromatic nitrogens is 1. The second kappa shape index (κ2) is 6.76. The lowest BCUT2D eigenvalue weighted by Gasteiger charge is -2.17. The first kappa shape index (κ1) is 16.7. The number of nitrogens with zero attached hydrogens (tertiary/aromatic N) is 1. The minimum absolute atomic E-state index is 0.222. The molecule has 1 heterocycles. The van der Waals surface area contributed by atoms with Crippen molar-refractivity contribution in [2.45, 2.75) is 19.9 Å². The number of nitrogens with one attached hydrogen (secondary N) is 1. The van der Waals surface area contributed by atoms with E-state index in [4.69, 9.17) is 4.52 Å². The fourth-order valence-electron chi connectivity index (χ4n) is 2.62. The Morgan fingerprint density at radius 1 is 1.12 bits per heavy atom. The fraction of sp³-hybridized carbons (Fsp3) is 0.211. The van der Waals surface area contributed by atoms with Gasteiger partial charge in [-0.05, 0) is 24.1 Å². The molecule has 6 heteroatoms. The number of carbonyl (C=O) groups excluding carboxylic acids is 1. The molecule has 0 radical (unpaired) electrons. The molecule has 6 nitrogen and oxygen atoms in total. The molecule has 2 N–H and O–H groups in total. The van der Waals surface area contributed by atoms with Crippen molar-refractivity contribution in [2.24, 2.45) is 5.92 Å². The Bertz CT molecular complexity index is 916. The van der Waals surface area contributed by atoms with Gasteiger partial charge < -0.3 is 14.9 Å². The van der Waals surface area contributed by atoms with Gasteiger partial charge >= 0.3 is 5.97 Å². The molecule has 0 aliphatic carbocycles. The van der Waals surface area contributed by atoms with Crippen LogP contribution in [0.3, 0.4) is 0 Å². The van der Waals surface area contributed by atoms with Crippen LogP contribution < -0.4 is 5.32 Å². The predicted octanol–water partition coefficient (Wildman–Crippen LogP) is 3.33. The third-order valence-electron chi connectivity index (χ3n) is 3.99. The Morgan fingerprint density at radius 2 is 1.84 bits per heavy atom. The molecule has 1 amide bonds. The standard InChI is InChI=1S/C19H18N2O4/c1-11(2)16(19(23)24)20-18(22)13-8-9-15-14(10-13)17(25-21-15)12-6-4-3-5-7-12/h3-11,16H,1-2H3,(H,20,22)(H,23,24)/t16-/m0/s1. The van der Waals surface area contributed by atoms with Crippen LogP contribution in [0.15, 0.2) is 53.1 Å². The van der Waals surface area contributed by atoms with Gasteiger partial charge in [0, 0.05) is 11.1 Å². The number of benzene rings is 2. The molecule has 25 heavy (non-hydrogen) atoms. The Labute approximate surface area is 144 Å². The van der Waals surface area contributed by atoms with Crippen molar-refractivity contribution in [3.63, 3.8) is 0 Å². The van der Waals surface area contributed by atoms with Gasteiger partial charge in [0.1, 0.15) is 11.6 Å². The molecule has 0 spiro atoms.